The first-order valence-corrected chi connectivity index (χ1v) is 10.8. The second-order valence-corrected chi connectivity index (χ2v) is 8.13. The number of guanidine groups is 1. The molecule has 0 unspecified atom stereocenters. The van der Waals surface area contributed by atoms with Gasteiger partial charge in [-0.05, 0) is 19.0 Å². The molecule has 162 valence electrons. The number of aliphatic imine (C=N–C) groups is 1. The Morgan fingerprint density at radius 1 is 1.14 bits per heavy atom. The van der Waals surface area contributed by atoms with Gasteiger partial charge < -0.3 is 20.3 Å². The molecule has 0 aliphatic rings. The van der Waals surface area contributed by atoms with Crippen molar-refractivity contribution in [3.63, 3.8) is 0 Å². The van der Waals surface area contributed by atoms with Crippen LogP contribution in [0.25, 0.3) is 0 Å². The van der Waals surface area contributed by atoms with Gasteiger partial charge in [0.05, 0.1) is 5.75 Å². The highest BCUT2D eigenvalue weighted by Crippen LogP contribution is 1.98. The summed E-state index contributed by atoms with van der Waals surface area (Å²) in [5.74, 6) is 0.579. The SMILES string of the molecule is CN=C(NCCN(C)CCCOC)NCCS(=O)(=O)NCc1ccccc1.I. The molecule has 1 aromatic carbocycles. The Balaban J connectivity index is 0.00000729. The average molecular weight is 527 g/mol. The van der Waals surface area contributed by atoms with E-state index in [0.717, 1.165) is 38.2 Å². The van der Waals surface area contributed by atoms with Gasteiger partial charge in [-0.2, -0.15) is 0 Å². The summed E-state index contributed by atoms with van der Waals surface area (Å²) in [5, 5.41) is 6.22. The summed E-state index contributed by atoms with van der Waals surface area (Å²) in [5.41, 5.74) is 0.932. The van der Waals surface area contributed by atoms with Crippen molar-refractivity contribution in [1.82, 2.24) is 20.3 Å². The lowest BCUT2D eigenvalue weighted by Crippen LogP contribution is -2.43. The second kappa shape index (κ2) is 15.9. The summed E-state index contributed by atoms with van der Waals surface area (Å²) in [7, 11) is 2.08. The Bertz CT molecular complexity index is 644. The number of hydrogen-bond acceptors (Lipinski definition) is 5. The molecule has 0 heterocycles. The van der Waals surface area contributed by atoms with E-state index in [2.05, 4.69) is 32.3 Å². The van der Waals surface area contributed by atoms with Gasteiger partial charge in [0, 0.05) is 53.5 Å². The number of benzene rings is 1. The topological polar surface area (TPSA) is 95.1 Å². The predicted molar refractivity (Wildman–Crippen MR) is 126 cm³/mol. The minimum Gasteiger partial charge on any atom is -0.385 e. The first kappa shape index (κ1) is 27.0. The van der Waals surface area contributed by atoms with Gasteiger partial charge in [0.1, 0.15) is 0 Å². The highest BCUT2D eigenvalue weighted by molar-refractivity contribution is 14.0. The molecule has 8 nitrogen and oxygen atoms in total. The van der Waals surface area contributed by atoms with Crippen LogP contribution >= 0.6 is 24.0 Å². The molecular formula is C18H34IN5O3S. The predicted octanol–water partition coefficient (Wildman–Crippen LogP) is 0.857. The van der Waals surface area contributed by atoms with Crippen LogP contribution in [0.2, 0.25) is 0 Å². The average Bonchev–Trinajstić information content (AvgIpc) is 2.66. The van der Waals surface area contributed by atoms with Crippen molar-refractivity contribution in [2.75, 3.05) is 59.7 Å². The van der Waals surface area contributed by atoms with Crippen molar-refractivity contribution < 1.29 is 13.2 Å². The summed E-state index contributed by atoms with van der Waals surface area (Å²) in [4.78, 5) is 6.32. The number of halogens is 1. The van der Waals surface area contributed by atoms with Gasteiger partial charge >= 0.3 is 0 Å². The molecule has 10 heteroatoms. The van der Waals surface area contributed by atoms with Gasteiger partial charge in [-0.15, -0.1) is 24.0 Å². The zero-order chi connectivity index (χ0) is 20.0. The van der Waals surface area contributed by atoms with E-state index in [1.54, 1.807) is 14.2 Å². The van der Waals surface area contributed by atoms with Crippen molar-refractivity contribution >= 4 is 40.0 Å². The molecule has 3 N–H and O–H groups in total. The number of rotatable bonds is 13. The summed E-state index contributed by atoms with van der Waals surface area (Å²) >= 11 is 0. The maximum atomic E-state index is 12.1. The standard InChI is InChI=1S/C18H33N5O3S.HI/c1-19-18(20-10-13-23(2)12-7-14-26-3)21-11-15-27(24,25)22-16-17-8-5-4-6-9-17;/h4-6,8-9,22H,7,10-16H2,1-3H3,(H2,19,20,21);1H. The Kier molecular flexibility index (Phi) is 15.4. The van der Waals surface area contributed by atoms with Gasteiger partial charge in [-0.3, -0.25) is 4.99 Å². The van der Waals surface area contributed by atoms with Gasteiger partial charge in [-0.25, -0.2) is 13.1 Å². The summed E-state index contributed by atoms with van der Waals surface area (Å²) < 4.78 is 31.8. The van der Waals surface area contributed by atoms with Crippen LogP contribution in [0, 0.1) is 0 Å². The zero-order valence-electron chi connectivity index (χ0n) is 17.0. The molecule has 0 aliphatic carbocycles. The van der Waals surface area contributed by atoms with Crippen molar-refractivity contribution in [1.29, 1.82) is 0 Å². The summed E-state index contributed by atoms with van der Waals surface area (Å²) in [6, 6.07) is 9.45. The third kappa shape index (κ3) is 13.3. The van der Waals surface area contributed by atoms with Crippen molar-refractivity contribution in [3.8, 4) is 0 Å². The molecule has 28 heavy (non-hydrogen) atoms. The number of ether oxygens (including phenoxy) is 1. The fourth-order valence-electron chi connectivity index (χ4n) is 2.34. The van der Waals surface area contributed by atoms with Crippen molar-refractivity contribution in [2.45, 2.75) is 13.0 Å². The smallest absolute Gasteiger partial charge is 0.213 e. The molecule has 0 spiro atoms. The Morgan fingerprint density at radius 3 is 2.46 bits per heavy atom. The summed E-state index contributed by atoms with van der Waals surface area (Å²) in [6.07, 6.45) is 0.994. The maximum absolute atomic E-state index is 12.1. The lowest BCUT2D eigenvalue weighted by molar-refractivity contribution is 0.180. The largest absolute Gasteiger partial charge is 0.385 e. The third-order valence-corrected chi connectivity index (χ3v) is 5.23. The number of sulfonamides is 1. The minimum atomic E-state index is -3.35. The van der Waals surface area contributed by atoms with Crippen LogP contribution in [-0.4, -0.2) is 79.0 Å². The Morgan fingerprint density at radius 2 is 1.82 bits per heavy atom. The molecule has 0 saturated carbocycles. The molecule has 0 atom stereocenters. The van der Waals surface area contributed by atoms with Crippen LogP contribution in [0.15, 0.2) is 35.3 Å². The van der Waals surface area contributed by atoms with E-state index in [1.807, 2.05) is 30.3 Å². The third-order valence-electron chi connectivity index (χ3n) is 3.90. The van der Waals surface area contributed by atoms with Crippen LogP contribution in [-0.2, 0) is 21.3 Å². The highest BCUT2D eigenvalue weighted by atomic mass is 127. The molecule has 0 aromatic heterocycles. The fraction of sp³-hybridized carbons (Fsp3) is 0.611. The van der Waals surface area contributed by atoms with Gasteiger partial charge in [0.25, 0.3) is 0 Å². The fourth-order valence-corrected chi connectivity index (χ4v) is 3.24. The zero-order valence-corrected chi connectivity index (χ0v) is 20.1. The van der Waals surface area contributed by atoms with Gasteiger partial charge in [0.2, 0.25) is 10.0 Å². The molecule has 0 bridgehead atoms. The summed E-state index contributed by atoms with van der Waals surface area (Å²) in [6.45, 7) is 3.89. The van der Waals surface area contributed by atoms with Crippen LogP contribution in [0.1, 0.15) is 12.0 Å². The van der Waals surface area contributed by atoms with Crippen LogP contribution in [0.5, 0.6) is 0 Å². The van der Waals surface area contributed by atoms with Crippen LogP contribution < -0.4 is 15.4 Å². The number of methoxy groups -OCH3 is 1. The molecular weight excluding hydrogens is 493 g/mol. The molecule has 0 radical (unpaired) electrons. The van der Waals surface area contributed by atoms with Crippen LogP contribution in [0.3, 0.4) is 0 Å². The first-order valence-electron chi connectivity index (χ1n) is 9.10. The number of hydrogen-bond donors (Lipinski definition) is 3. The molecule has 1 rings (SSSR count). The lowest BCUT2D eigenvalue weighted by atomic mass is 10.2. The highest BCUT2D eigenvalue weighted by Gasteiger charge is 2.10. The maximum Gasteiger partial charge on any atom is 0.213 e. The van der Waals surface area contributed by atoms with E-state index < -0.39 is 10.0 Å². The van der Waals surface area contributed by atoms with Gasteiger partial charge in [-0.1, -0.05) is 30.3 Å². The van der Waals surface area contributed by atoms with E-state index in [4.69, 9.17) is 4.74 Å². The van der Waals surface area contributed by atoms with Gasteiger partial charge in [0.15, 0.2) is 5.96 Å². The molecule has 0 fully saturated rings. The van der Waals surface area contributed by atoms with E-state index in [-0.39, 0.29) is 36.3 Å². The Labute approximate surface area is 186 Å². The van der Waals surface area contributed by atoms with Crippen molar-refractivity contribution in [2.24, 2.45) is 4.99 Å². The number of nitrogens with one attached hydrogen (secondary N) is 3. The van der Waals surface area contributed by atoms with Crippen molar-refractivity contribution in [3.05, 3.63) is 35.9 Å². The molecule has 0 saturated heterocycles. The second-order valence-electron chi connectivity index (χ2n) is 6.20. The van der Waals surface area contributed by atoms with E-state index in [0.29, 0.717) is 12.5 Å². The van der Waals surface area contributed by atoms with E-state index in [9.17, 15) is 8.42 Å². The van der Waals surface area contributed by atoms with E-state index >= 15 is 0 Å². The number of likely N-dealkylation sites (N-methyl/N-ethyl adjacent to an activating group) is 1. The minimum absolute atomic E-state index is 0. The monoisotopic (exact) mass is 527 g/mol. The Hall–Kier alpha value is -0.950. The molecule has 1 aromatic rings. The van der Waals surface area contributed by atoms with Crippen LogP contribution in [0.4, 0.5) is 0 Å². The normalized spacial score (nSPS) is 11.9. The molecule has 0 amide bonds. The first-order chi connectivity index (χ1) is 13.0. The van der Waals surface area contributed by atoms with E-state index in [1.165, 1.54) is 0 Å². The lowest BCUT2D eigenvalue weighted by Gasteiger charge is -2.18. The molecule has 0 aliphatic heterocycles. The quantitative estimate of drug-likeness (QED) is 0.153. The number of nitrogens with zero attached hydrogens (tertiary/aromatic N) is 2.